The Kier molecular flexibility index (Phi) is 3.10. The molecule has 0 fully saturated rings. The summed E-state index contributed by atoms with van der Waals surface area (Å²) in [6, 6.07) is 18.1. The number of rotatable bonds is 3. The van der Waals surface area contributed by atoms with Gasteiger partial charge in [-0.15, -0.1) is 0 Å². The molecule has 2 heteroatoms. The molecule has 0 spiro atoms. The molecule has 1 heterocycles. The van der Waals surface area contributed by atoms with E-state index in [4.69, 9.17) is 0 Å². The van der Waals surface area contributed by atoms with E-state index < -0.39 is 6.10 Å². The Morgan fingerprint density at radius 3 is 2.47 bits per heavy atom. The third-order valence-corrected chi connectivity index (χ3v) is 3.61. The second-order valence-electron chi connectivity index (χ2n) is 4.90. The first-order valence-electron chi connectivity index (χ1n) is 6.55. The van der Waals surface area contributed by atoms with Gasteiger partial charge in [-0.25, -0.2) is 0 Å². The number of benzene rings is 2. The van der Waals surface area contributed by atoms with Crippen LogP contribution in [0.5, 0.6) is 0 Å². The average molecular weight is 251 g/mol. The normalized spacial score (nSPS) is 12.7. The number of aromatic amines is 1. The van der Waals surface area contributed by atoms with Crippen LogP contribution >= 0.6 is 0 Å². The number of para-hydroxylation sites is 1. The van der Waals surface area contributed by atoms with Gasteiger partial charge in [0.2, 0.25) is 0 Å². The summed E-state index contributed by atoms with van der Waals surface area (Å²) in [7, 11) is 0. The predicted molar refractivity (Wildman–Crippen MR) is 78.1 cm³/mol. The van der Waals surface area contributed by atoms with Gasteiger partial charge < -0.3 is 10.1 Å². The van der Waals surface area contributed by atoms with Crippen molar-refractivity contribution in [2.75, 3.05) is 0 Å². The van der Waals surface area contributed by atoms with Crippen LogP contribution in [0.25, 0.3) is 10.9 Å². The molecule has 0 aliphatic heterocycles. The molecule has 19 heavy (non-hydrogen) atoms. The van der Waals surface area contributed by atoms with Gasteiger partial charge in [-0.2, -0.15) is 0 Å². The minimum Gasteiger partial charge on any atom is -0.388 e. The predicted octanol–water partition coefficient (Wildman–Crippen LogP) is 3.75. The van der Waals surface area contributed by atoms with E-state index >= 15 is 0 Å². The summed E-state index contributed by atoms with van der Waals surface area (Å²) in [5, 5.41) is 11.6. The minimum atomic E-state index is -0.459. The minimum absolute atomic E-state index is 0.459. The van der Waals surface area contributed by atoms with Crippen LogP contribution in [-0.2, 0) is 6.42 Å². The fourth-order valence-electron chi connectivity index (χ4n) is 2.58. The third-order valence-electron chi connectivity index (χ3n) is 3.61. The molecule has 0 radical (unpaired) electrons. The summed E-state index contributed by atoms with van der Waals surface area (Å²) in [4.78, 5) is 3.37. The molecule has 0 saturated carbocycles. The highest BCUT2D eigenvalue weighted by atomic mass is 16.3. The van der Waals surface area contributed by atoms with Crippen molar-refractivity contribution in [3.05, 3.63) is 71.4 Å². The number of nitrogens with one attached hydrogen (secondary N) is 1. The van der Waals surface area contributed by atoms with E-state index in [-0.39, 0.29) is 0 Å². The number of hydrogen-bond acceptors (Lipinski definition) is 1. The highest BCUT2D eigenvalue weighted by molar-refractivity contribution is 5.84. The number of aliphatic hydroxyl groups is 1. The SMILES string of the molecule is Cc1[nH]c2ccccc2c1CC(O)c1ccccc1. The molecule has 1 aromatic heterocycles. The van der Waals surface area contributed by atoms with Crippen LogP contribution < -0.4 is 0 Å². The molecule has 2 nitrogen and oxygen atoms in total. The van der Waals surface area contributed by atoms with Gasteiger partial charge >= 0.3 is 0 Å². The molecule has 0 aliphatic carbocycles. The van der Waals surface area contributed by atoms with Crippen LogP contribution in [0, 0.1) is 6.92 Å². The van der Waals surface area contributed by atoms with Gasteiger partial charge in [0, 0.05) is 23.0 Å². The molecule has 2 N–H and O–H groups in total. The zero-order valence-electron chi connectivity index (χ0n) is 10.9. The lowest BCUT2D eigenvalue weighted by Crippen LogP contribution is -2.02. The number of aromatic nitrogens is 1. The standard InChI is InChI=1S/C17H17NO/c1-12-15(14-9-5-6-10-16(14)18-12)11-17(19)13-7-3-2-4-8-13/h2-10,17-19H,11H2,1H3. The van der Waals surface area contributed by atoms with Crippen molar-refractivity contribution in [3.63, 3.8) is 0 Å². The van der Waals surface area contributed by atoms with E-state index in [1.54, 1.807) is 0 Å². The zero-order valence-corrected chi connectivity index (χ0v) is 10.9. The lowest BCUT2D eigenvalue weighted by Gasteiger charge is -2.11. The lowest BCUT2D eigenvalue weighted by molar-refractivity contribution is 0.178. The summed E-state index contributed by atoms with van der Waals surface area (Å²) in [5.74, 6) is 0. The third kappa shape index (κ3) is 2.27. The quantitative estimate of drug-likeness (QED) is 0.730. The molecule has 2 aromatic carbocycles. The van der Waals surface area contributed by atoms with E-state index in [1.807, 2.05) is 42.5 Å². The Bertz CT molecular complexity index is 685. The van der Waals surface area contributed by atoms with Crippen LogP contribution in [0.3, 0.4) is 0 Å². The Morgan fingerprint density at radius 2 is 1.68 bits per heavy atom. The fraction of sp³-hybridized carbons (Fsp3) is 0.176. The number of aryl methyl sites for hydroxylation is 1. The van der Waals surface area contributed by atoms with E-state index in [9.17, 15) is 5.11 Å². The summed E-state index contributed by atoms with van der Waals surface area (Å²) in [6.07, 6.45) is 0.180. The maximum Gasteiger partial charge on any atom is 0.0831 e. The smallest absolute Gasteiger partial charge is 0.0831 e. The van der Waals surface area contributed by atoms with Gasteiger partial charge in [-0.3, -0.25) is 0 Å². The van der Waals surface area contributed by atoms with E-state index in [1.165, 1.54) is 10.9 Å². The topological polar surface area (TPSA) is 36.0 Å². The molecule has 1 atom stereocenters. The highest BCUT2D eigenvalue weighted by Gasteiger charge is 2.14. The van der Waals surface area contributed by atoms with Crippen LogP contribution in [0.1, 0.15) is 22.9 Å². The van der Waals surface area contributed by atoms with Crippen molar-refractivity contribution in [2.45, 2.75) is 19.4 Å². The van der Waals surface area contributed by atoms with Crippen LogP contribution in [-0.4, -0.2) is 10.1 Å². The highest BCUT2D eigenvalue weighted by Crippen LogP contribution is 2.27. The van der Waals surface area contributed by atoms with E-state index in [0.29, 0.717) is 6.42 Å². The number of hydrogen-bond donors (Lipinski definition) is 2. The Morgan fingerprint density at radius 1 is 1.00 bits per heavy atom. The first-order chi connectivity index (χ1) is 9.25. The van der Waals surface area contributed by atoms with Gasteiger partial charge in [0.25, 0.3) is 0 Å². The van der Waals surface area contributed by atoms with Crippen molar-refractivity contribution in [1.82, 2.24) is 4.98 Å². The van der Waals surface area contributed by atoms with Crippen molar-refractivity contribution in [3.8, 4) is 0 Å². The molecule has 0 amide bonds. The van der Waals surface area contributed by atoms with Crippen molar-refractivity contribution in [1.29, 1.82) is 0 Å². The number of H-pyrrole nitrogens is 1. The Hall–Kier alpha value is -2.06. The molecule has 96 valence electrons. The molecular weight excluding hydrogens is 234 g/mol. The second-order valence-corrected chi connectivity index (χ2v) is 4.90. The van der Waals surface area contributed by atoms with Gasteiger partial charge in [0.05, 0.1) is 6.10 Å². The first-order valence-corrected chi connectivity index (χ1v) is 6.55. The van der Waals surface area contributed by atoms with Gasteiger partial charge in [0.15, 0.2) is 0 Å². The molecule has 0 bridgehead atoms. The van der Waals surface area contributed by atoms with Gasteiger partial charge in [0.1, 0.15) is 0 Å². The largest absolute Gasteiger partial charge is 0.388 e. The maximum atomic E-state index is 10.4. The number of fused-ring (bicyclic) bond motifs is 1. The second kappa shape index (κ2) is 4.90. The molecule has 0 saturated heterocycles. The molecule has 0 aliphatic rings. The lowest BCUT2D eigenvalue weighted by atomic mass is 9.99. The summed E-state index contributed by atoms with van der Waals surface area (Å²) < 4.78 is 0. The van der Waals surface area contributed by atoms with Crippen LogP contribution in [0.4, 0.5) is 0 Å². The van der Waals surface area contributed by atoms with Crippen molar-refractivity contribution in [2.24, 2.45) is 0 Å². The Balaban J connectivity index is 1.95. The first kappa shape index (κ1) is 12.0. The Labute approximate surface area is 112 Å². The van der Waals surface area contributed by atoms with Crippen LogP contribution in [0.15, 0.2) is 54.6 Å². The molecular formula is C17H17NO. The summed E-state index contributed by atoms with van der Waals surface area (Å²) >= 11 is 0. The fourth-order valence-corrected chi connectivity index (χ4v) is 2.58. The molecule has 1 unspecified atom stereocenters. The average Bonchev–Trinajstić information content (AvgIpc) is 2.76. The van der Waals surface area contributed by atoms with Gasteiger partial charge in [-0.1, -0.05) is 48.5 Å². The van der Waals surface area contributed by atoms with E-state index in [0.717, 1.165) is 16.8 Å². The van der Waals surface area contributed by atoms with Crippen LogP contribution in [0.2, 0.25) is 0 Å². The summed E-state index contributed by atoms with van der Waals surface area (Å²) in [5.41, 5.74) is 4.44. The number of aliphatic hydroxyl groups excluding tert-OH is 1. The monoisotopic (exact) mass is 251 g/mol. The zero-order chi connectivity index (χ0) is 13.2. The molecule has 3 aromatic rings. The van der Waals surface area contributed by atoms with Gasteiger partial charge in [-0.05, 0) is 24.1 Å². The van der Waals surface area contributed by atoms with Crippen molar-refractivity contribution >= 4 is 10.9 Å². The maximum absolute atomic E-state index is 10.4. The van der Waals surface area contributed by atoms with E-state index in [2.05, 4.69) is 24.0 Å². The summed E-state index contributed by atoms with van der Waals surface area (Å²) in [6.45, 7) is 2.06. The molecule has 3 rings (SSSR count). The van der Waals surface area contributed by atoms with Crippen molar-refractivity contribution < 1.29 is 5.11 Å².